The molecule has 0 bridgehead atoms. The van der Waals surface area contributed by atoms with Gasteiger partial charge in [-0.05, 0) is 41.8 Å². The fourth-order valence-electron chi connectivity index (χ4n) is 2.91. The average molecular weight is 377 g/mol. The van der Waals surface area contributed by atoms with E-state index in [0.717, 1.165) is 28.9 Å². The molecule has 146 valence electrons. The number of rotatable bonds is 7. The fourth-order valence-corrected chi connectivity index (χ4v) is 2.91. The minimum atomic E-state index is -0.0767. The van der Waals surface area contributed by atoms with E-state index < -0.39 is 0 Å². The summed E-state index contributed by atoms with van der Waals surface area (Å²) in [7, 11) is 5.83. The van der Waals surface area contributed by atoms with Gasteiger partial charge < -0.3 is 15.1 Å². The number of benzene rings is 2. The van der Waals surface area contributed by atoms with E-state index in [1.54, 1.807) is 4.90 Å². The molecule has 28 heavy (non-hydrogen) atoms. The summed E-state index contributed by atoms with van der Waals surface area (Å²) in [5.41, 5.74) is 4.36. The highest BCUT2D eigenvalue weighted by Crippen LogP contribution is 2.13. The molecule has 0 spiro atoms. The van der Waals surface area contributed by atoms with Crippen LogP contribution in [0.1, 0.15) is 11.1 Å². The summed E-state index contributed by atoms with van der Waals surface area (Å²) in [5.74, 6) is 0. The predicted octanol–water partition coefficient (Wildman–Crippen LogP) is 3.32. The normalized spacial score (nSPS) is 10.5. The van der Waals surface area contributed by atoms with Crippen LogP contribution in [0.5, 0.6) is 0 Å². The number of nitrogens with one attached hydrogen (secondary N) is 1. The van der Waals surface area contributed by atoms with Crippen molar-refractivity contribution in [1.29, 1.82) is 0 Å². The molecule has 0 fully saturated rings. The van der Waals surface area contributed by atoms with Gasteiger partial charge in [0.05, 0.1) is 11.9 Å². The van der Waals surface area contributed by atoms with Gasteiger partial charge in [0.15, 0.2) is 0 Å². The zero-order chi connectivity index (χ0) is 19.9. The largest absolute Gasteiger partial charge is 0.378 e. The van der Waals surface area contributed by atoms with Crippen LogP contribution in [-0.2, 0) is 13.0 Å². The smallest absolute Gasteiger partial charge is 0.317 e. The number of hydrogen-bond donors (Lipinski definition) is 1. The third-order valence-electron chi connectivity index (χ3n) is 4.57. The van der Waals surface area contributed by atoms with E-state index in [2.05, 4.69) is 39.6 Å². The van der Waals surface area contributed by atoms with Gasteiger partial charge in [0.1, 0.15) is 0 Å². The van der Waals surface area contributed by atoms with Crippen LogP contribution in [0.4, 0.5) is 10.5 Å². The van der Waals surface area contributed by atoms with Crippen LogP contribution in [0.3, 0.4) is 0 Å². The summed E-state index contributed by atoms with van der Waals surface area (Å²) in [6.45, 7) is 1.15. The van der Waals surface area contributed by atoms with Gasteiger partial charge in [0, 0.05) is 46.1 Å². The molecule has 0 aliphatic rings. The maximum absolute atomic E-state index is 12.3. The molecule has 0 saturated heterocycles. The monoisotopic (exact) mass is 377 g/mol. The van der Waals surface area contributed by atoms with Gasteiger partial charge in [-0.1, -0.05) is 30.3 Å². The van der Waals surface area contributed by atoms with Gasteiger partial charge in [-0.25, -0.2) is 9.48 Å². The number of hydrogen-bond acceptors (Lipinski definition) is 3. The second kappa shape index (κ2) is 9.08. The highest BCUT2D eigenvalue weighted by Gasteiger charge is 2.09. The second-order valence-electron chi connectivity index (χ2n) is 7.03. The summed E-state index contributed by atoms with van der Waals surface area (Å²) in [4.78, 5) is 16.1. The van der Waals surface area contributed by atoms with Gasteiger partial charge >= 0.3 is 6.03 Å². The number of aromatic nitrogens is 2. The van der Waals surface area contributed by atoms with Crippen molar-refractivity contribution in [2.45, 2.75) is 13.0 Å². The predicted molar refractivity (Wildman–Crippen MR) is 113 cm³/mol. The molecule has 1 heterocycles. The molecule has 1 aromatic heterocycles. The highest BCUT2D eigenvalue weighted by molar-refractivity contribution is 5.73. The van der Waals surface area contributed by atoms with Crippen molar-refractivity contribution in [3.8, 4) is 5.69 Å². The summed E-state index contributed by atoms with van der Waals surface area (Å²) in [6.07, 6.45) is 4.58. The minimum absolute atomic E-state index is 0.0767. The summed E-state index contributed by atoms with van der Waals surface area (Å²) in [5, 5.41) is 7.36. The molecular weight excluding hydrogens is 350 g/mol. The zero-order valence-corrected chi connectivity index (χ0v) is 16.7. The first-order valence-electron chi connectivity index (χ1n) is 9.37. The van der Waals surface area contributed by atoms with Crippen LogP contribution in [-0.4, -0.2) is 48.4 Å². The number of carbonyl (C=O) groups is 1. The van der Waals surface area contributed by atoms with Gasteiger partial charge in [-0.15, -0.1) is 0 Å². The van der Waals surface area contributed by atoms with Crippen molar-refractivity contribution in [1.82, 2.24) is 20.0 Å². The third kappa shape index (κ3) is 5.13. The first-order chi connectivity index (χ1) is 13.5. The van der Waals surface area contributed by atoms with Crippen LogP contribution in [0.15, 0.2) is 67.0 Å². The van der Waals surface area contributed by atoms with Crippen LogP contribution >= 0.6 is 0 Å². The maximum atomic E-state index is 12.3. The lowest BCUT2D eigenvalue weighted by atomic mass is 10.2. The Hall–Kier alpha value is -3.28. The molecule has 2 aromatic carbocycles. The molecule has 0 radical (unpaired) electrons. The van der Waals surface area contributed by atoms with E-state index in [9.17, 15) is 4.79 Å². The Bertz CT molecular complexity index is 887. The lowest BCUT2D eigenvalue weighted by molar-refractivity contribution is 0.207. The molecule has 1 N–H and O–H groups in total. The van der Waals surface area contributed by atoms with E-state index >= 15 is 0 Å². The maximum Gasteiger partial charge on any atom is 0.317 e. The van der Waals surface area contributed by atoms with Crippen molar-refractivity contribution < 1.29 is 4.79 Å². The molecule has 2 amide bonds. The molecule has 6 heteroatoms. The van der Waals surface area contributed by atoms with Gasteiger partial charge in [-0.3, -0.25) is 0 Å². The van der Waals surface area contributed by atoms with E-state index in [0.29, 0.717) is 13.1 Å². The molecule has 0 atom stereocenters. The van der Waals surface area contributed by atoms with Crippen LogP contribution in [0, 0.1) is 0 Å². The Morgan fingerprint density at radius 3 is 2.39 bits per heavy atom. The van der Waals surface area contributed by atoms with E-state index in [4.69, 9.17) is 0 Å². The molecule has 0 aliphatic carbocycles. The number of amides is 2. The van der Waals surface area contributed by atoms with Gasteiger partial charge in [-0.2, -0.15) is 5.10 Å². The molecule has 3 rings (SSSR count). The minimum Gasteiger partial charge on any atom is -0.378 e. The van der Waals surface area contributed by atoms with Gasteiger partial charge in [0.2, 0.25) is 0 Å². The SMILES string of the molecule is CN(Cc1ccc(N(C)C)cc1)C(=O)NCCc1cnn(-c2ccccc2)c1. The van der Waals surface area contributed by atoms with Crippen LogP contribution in [0.2, 0.25) is 0 Å². The second-order valence-corrected chi connectivity index (χ2v) is 7.03. The van der Waals surface area contributed by atoms with E-state index in [1.165, 1.54) is 0 Å². The fraction of sp³-hybridized carbons (Fsp3) is 0.273. The Morgan fingerprint density at radius 1 is 1.00 bits per heavy atom. The standard InChI is InChI=1S/C22H27N5O/c1-25(2)20-11-9-18(10-12-20)16-26(3)22(28)23-14-13-19-15-24-27(17-19)21-7-5-4-6-8-21/h4-12,15,17H,13-14,16H2,1-3H3,(H,23,28). The van der Waals surface area contributed by atoms with Crippen molar-refractivity contribution in [2.75, 3.05) is 32.6 Å². The van der Waals surface area contributed by atoms with E-state index in [1.807, 2.05) is 68.6 Å². The lowest BCUT2D eigenvalue weighted by Gasteiger charge is -2.19. The first kappa shape index (κ1) is 19.5. The third-order valence-corrected chi connectivity index (χ3v) is 4.57. The van der Waals surface area contributed by atoms with Crippen molar-refractivity contribution in [2.24, 2.45) is 0 Å². The zero-order valence-electron chi connectivity index (χ0n) is 16.7. The Balaban J connectivity index is 1.45. The molecule has 0 saturated carbocycles. The van der Waals surface area contributed by atoms with Crippen LogP contribution in [0.25, 0.3) is 5.69 Å². The average Bonchev–Trinajstić information content (AvgIpc) is 3.18. The van der Waals surface area contributed by atoms with E-state index in [-0.39, 0.29) is 6.03 Å². The molecule has 0 unspecified atom stereocenters. The lowest BCUT2D eigenvalue weighted by Crippen LogP contribution is -2.37. The number of para-hydroxylation sites is 1. The quantitative estimate of drug-likeness (QED) is 0.687. The summed E-state index contributed by atoms with van der Waals surface area (Å²) < 4.78 is 1.85. The summed E-state index contributed by atoms with van der Waals surface area (Å²) >= 11 is 0. The molecular formula is C22H27N5O. The number of nitrogens with zero attached hydrogens (tertiary/aromatic N) is 4. The highest BCUT2D eigenvalue weighted by atomic mass is 16.2. The Morgan fingerprint density at radius 2 is 1.71 bits per heavy atom. The summed E-state index contributed by atoms with van der Waals surface area (Å²) in [6, 6.07) is 18.1. The Kier molecular flexibility index (Phi) is 6.32. The van der Waals surface area contributed by atoms with Crippen molar-refractivity contribution >= 4 is 11.7 Å². The number of urea groups is 1. The molecule has 6 nitrogen and oxygen atoms in total. The molecule has 3 aromatic rings. The number of anilines is 1. The first-order valence-corrected chi connectivity index (χ1v) is 9.37. The van der Waals surface area contributed by atoms with Crippen molar-refractivity contribution in [3.05, 3.63) is 78.1 Å². The number of carbonyl (C=O) groups excluding carboxylic acids is 1. The topological polar surface area (TPSA) is 53.4 Å². The van der Waals surface area contributed by atoms with Gasteiger partial charge in [0.25, 0.3) is 0 Å². The Labute approximate surface area is 166 Å². The van der Waals surface area contributed by atoms with Crippen LogP contribution < -0.4 is 10.2 Å². The van der Waals surface area contributed by atoms with Crippen molar-refractivity contribution in [3.63, 3.8) is 0 Å². The molecule has 0 aliphatic heterocycles.